The van der Waals surface area contributed by atoms with Gasteiger partial charge in [0.1, 0.15) is 11.4 Å². The molecular weight excluding hydrogens is 209 g/mol. The number of rotatable bonds is 2. The highest BCUT2D eigenvalue weighted by Gasteiger charge is 2.22. The largest absolute Gasteiger partial charge is 0.302 e. The molecule has 13 heavy (non-hydrogen) atoms. The molecule has 0 unspecified atom stereocenters. The standard InChI is InChI=1S/C9H9Cl2NO/c1-9(2,5-13)6-4-12-8(11)3-7(6)10/h3-5H,1-2H3. The van der Waals surface area contributed by atoms with Gasteiger partial charge < -0.3 is 4.79 Å². The van der Waals surface area contributed by atoms with Gasteiger partial charge in [-0.05, 0) is 19.9 Å². The zero-order valence-corrected chi connectivity index (χ0v) is 8.86. The molecule has 1 aromatic heterocycles. The summed E-state index contributed by atoms with van der Waals surface area (Å²) < 4.78 is 0. The van der Waals surface area contributed by atoms with Crippen LogP contribution in [0.5, 0.6) is 0 Å². The molecule has 4 heteroatoms. The monoisotopic (exact) mass is 217 g/mol. The summed E-state index contributed by atoms with van der Waals surface area (Å²) in [7, 11) is 0. The molecule has 0 aliphatic rings. The fourth-order valence-electron chi connectivity index (χ4n) is 0.945. The van der Waals surface area contributed by atoms with Crippen molar-refractivity contribution in [2.45, 2.75) is 19.3 Å². The Morgan fingerprint density at radius 3 is 2.54 bits per heavy atom. The second-order valence-electron chi connectivity index (χ2n) is 3.33. The van der Waals surface area contributed by atoms with Crippen LogP contribution in [0.3, 0.4) is 0 Å². The first kappa shape index (κ1) is 10.5. The number of hydrogen-bond acceptors (Lipinski definition) is 2. The van der Waals surface area contributed by atoms with Crippen molar-refractivity contribution in [1.29, 1.82) is 0 Å². The summed E-state index contributed by atoms with van der Waals surface area (Å²) in [5, 5.41) is 0.799. The molecule has 2 nitrogen and oxygen atoms in total. The minimum atomic E-state index is -0.616. The van der Waals surface area contributed by atoms with Gasteiger partial charge in [-0.25, -0.2) is 4.98 Å². The molecule has 0 bridgehead atoms. The number of nitrogens with zero attached hydrogens (tertiary/aromatic N) is 1. The van der Waals surface area contributed by atoms with Gasteiger partial charge >= 0.3 is 0 Å². The second kappa shape index (κ2) is 3.64. The Hall–Kier alpha value is -0.600. The number of pyridine rings is 1. The van der Waals surface area contributed by atoms with Gasteiger partial charge in [0.2, 0.25) is 0 Å². The van der Waals surface area contributed by atoms with Crippen LogP contribution in [-0.4, -0.2) is 11.3 Å². The van der Waals surface area contributed by atoms with Gasteiger partial charge in [-0.3, -0.25) is 0 Å². The zero-order chi connectivity index (χ0) is 10.1. The lowest BCUT2D eigenvalue weighted by atomic mass is 9.88. The van der Waals surface area contributed by atoms with Gasteiger partial charge in [0.25, 0.3) is 0 Å². The first-order valence-electron chi connectivity index (χ1n) is 3.75. The average Bonchev–Trinajstić information content (AvgIpc) is 2.03. The summed E-state index contributed by atoms with van der Waals surface area (Å²) in [6.07, 6.45) is 2.36. The van der Waals surface area contributed by atoms with Crippen molar-refractivity contribution in [1.82, 2.24) is 4.98 Å². The number of halogens is 2. The first-order valence-corrected chi connectivity index (χ1v) is 4.51. The molecule has 0 saturated heterocycles. The molecule has 0 aliphatic heterocycles. The molecule has 0 spiro atoms. The average molecular weight is 218 g/mol. The Balaban J connectivity index is 3.23. The van der Waals surface area contributed by atoms with Crippen molar-refractivity contribution in [3.8, 4) is 0 Å². The minimum Gasteiger partial charge on any atom is -0.302 e. The molecule has 0 radical (unpaired) electrons. The van der Waals surface area contributed by atoms with Crippen molar-refractivity contribution in [2.24, 2.45) is 0 Å². The van der Waals surface area contributed by atoms with Crippen LogP contribution in [0.2, 0.25) is 10.2 Å². The van der Waals surface area contributed by atoms with Crippen molar-refractivity contribution >= 4 is 29.5 Å². The molecular formula is C9H9Cl2NO. The Morgan fingerprint density at radius 1 is 1.46 bits per heavy atom. The quantitative estimate of drug-likeness (QED) is 0.564. The van der Waals surface area contributed by atoms with E-state index in [-0.39, 0.29) is 0 Å². The summed E-state index contributed by atoms with van der Waals surface area (Å²) in [6.45, 7) is 3.55. The van der Waals surface area contributed by atoms with E-state index in [1.807, 2.05) is 0 Å². The van der Waals surface area contributed by atoms with Crippen molar-refractivity contribution in [3.05, 3.63) is 28.0 Å². The molecule has 0 fully saturated rings. The molecule has 0 aliphatic carbocycles. The third-order valence-electron chi connectivity index (χ3n) is 1.81. The SMILES string of the molecule is CC(C)(C=O)c1cnc(Cl)cc1Cl. The Bertz CT molecular complexity index is 336. The Morgan fingerprint density at radius 2 is 2.08 bits per heavy atom. The van der Waals surface area contributed by atoms with E-state index >= 15 is 0 Å². The van der Waals surface area contributed by atoms with Crippen molar-refractivity contribution < 1.29 is 4.79 Å². The van der Waals surface area contributed by atoms with E-state index in [1.165, 1.54) is 12.3 Å². The van der Waals surface area contributed by atoms with Gasteiger partial charge in [0, 0.05) is 22.2 Å². The molecule has 1 aromatic rings. The predicted molar refractivity (Wildman–Crippen MR) is 53.3 cm³/mol. The van der Waals surface area contributed by atoms with Crippen LogP contribution in [0.25, 0.3) is 0 Å². The Labute approximate surface area is 86.9 Å². The summed E-state index contributed by atoms with van der Waals surface area (Å²) in [6, 6.07) is 1.53. The van der Waals surface area contributed by atoms with Gasteiger partial charge in [-0.15, -0.1) is 0 Å². The van der Waals surface area contributed by atoms with Crippen LogP contribution in [0.4, 0.5) is 0 Å². The molecule has 0 aromatic carbocycles. The Kier molecular flexibility index (Phi) is 2.94. The van der Waals surface area contributed by atoms with Crippen LogP contribution >= 0.6 is 23.2 Å². The summed E-state index contributed by atoms with van der Waals surface area (Å²) in [4.78, 5) is 14.6. The van der Waals surface area contributed by atoms with E-state index in [0.717, 1.165) is 6.29 Å². The molecule has 0 amide bonds. The lowest BCUT2D eigenvalue weighted by Gasteiger charge is -2.18. The number of carbonyl (C=O) groups is 1. The third kappa shape index (κ3) is 2.20. The number of carbonyl (C=O) groups excluding carboxylic acids is 1. The maximum absolute atomic E-state index is 10.7. The zero-order valence-electron chi connectivity index (χ0n) is 7.34. The summed E-state index contributed by atoms with van der Waals surface area (Å²) in [5.41, 5.74) is 0.0721. The van der Waals surface area contributed by atoms with Gasteiger partial charge in [-0.2, -0.15) is 0 Å². The van der Waals surface area contributed by atoms with Crippen LogP contribution in [0.1, 0.15) is 19.4 Å². The van der Waals surface area contributed by atoms with E-state index in [0.29, 0.717) is 15.7 Å². The minimum absolute atomic E-state index is 0.329. The highest BCUT2D eigenvalue weighted by atomic mass is 35.5. The van der Waals surface area contributed by atoms with Crippen LogP contribution in [0, 0.1) is 0 Å². The first-order chi connectivity index (χ1) is 5.97. The predicted octanol–water partition coefficient (Wildman–Crippen LogP) is 2.86. The molecule has 1 rings (SSSR count). The molecule has 0 atom stereocenters. The third-order valence-corrected chi connectivity index (χ3v) is 2.33. The highest BCUT2D eigenvalue weighted by molar-refractivity contribution is 6.34. The molecule has 70 valence electrons. The van der Waals surface area contributed by atoms with E-state index < -0.39 is 5.41 Å². The van der Waals surface area contributed by atoms with Crippen LogP contribution in [-0.2, 0) is 10.2 Å². The fourth-order valence-corrected chi connectivity index (χ4v) is 1.55. The van der Waals surface area contributed by atoms with Gasteiger partial charge in [0.05, 0.1) is 0 Å². The van der Waals surface area contributed by atoms with Crippen molar-refractivity contribution in [2.75, 3.05) is 0 Å². The summed E-state index contributed by atoms with van der Waals surface area (Å²) >= 11 is 11.5. The molecule has 0 saturated carbocycles. The van der Waals surface area contributed by atoms with E-state index in [2.05, 4.69) is 4.98 Å². The summed E-state index contributed by atoms with van der Waals surface area (Å²) in [5.74, 6) is 0. The van der Waals surface area contributed by atoms with Crippen LogP contribution < -0.4 is 0 Å². The number of aromatic nitrogens is 1. The van der Waals surface area contributed by atoms with E-state index in [9.17, 15) is 4.79 Å². The number of aldehydes is 1. The maximum atomic E-state index is 10.7. The lowest BCUT2D eigenvalue weighted by molar-refractivity contribution is -0.111. The smallest absolute Gasteiger partial charge is 0.130 e. The van der Waals surface area contributed by atoms with Gasteiger partial charge in [-0.1, -0.05) is 23.2 Å². The second-order valence-corrected chi connectivity index (χ2v) is 4.12. The van der Waals surface area contributed by atoms with E-state index in [1.54, 1.807) is 13.8 Å². The molecule has 0 N–H and O–H groups in total. The lowest BCUT2D eigenvalue weighted by Crippen LogP contribution is -2.19. The topological polar surface area (TPSA) is 30.0 Å². The van der Waals surface area contributed by atoms with Crippen LogP contribution in [0.15, 0.2) is 12.3 Å². The highest BCUT2D eigenvalue weighted by Crippen LogP contribution is 2.28. The fraction of sp³-hybridized carbons (Fsp3) is 0.333. The molecule has 1 heterocycles. The maximum Gasteiger partial charge on any atom is 0.130 e. The van der Waals surface area contributed by atoms with E-state index in [4.69, 9.17) is 23.2 Å². The number of hydrogen-bond donors (Lipinski definition) is 0. The van der Waals surface area contributed by atoms with Gasteiger partial charge in [0.15, 0.2) is 0 Å². The van der Waals surface area contributed by atoms with Crippen molar-refractivity contribution in [3.63, 3.8) is 0 Å². The normalized spacial score (nSPS) is 11.4.